The van der Waals surface area contributed by atoms with E-state index in [0.29, 0.717) is 23.7 Å². The standard InChI is InChI=1S/C22H20ClF3N4O3S/c23-15-3-1-13(2-4-15)17-5-6-27-9-14(17)12-33-20-7-19(26)21(8-18(20)25)34(31,32)30-22-28-10-16(24)11-29-22/h1-4,7-8,10-11,14,17,27H,5-6,9,12H2,(H,28,29,30)/t14?,17-/m0/s1. The molecule has 1 aromatic heterocycles. The maximum Gasteiger partial charge on any atom is 0.267 e. The molecule has 1 aliphatic heterocycles. The van der Waals surface area contributed by atoms with Crippen LogP contribution >= 0.6 is 11.6 Å². The zero-order valence-electron chi connectivity index (χ0n) is 17.6. The van der Waals surface area contributed by atoms with Gasteiger partial charge in [-0.2, -0.15) is 0 Å². The fraction of sp³-hybridized carbons (Fsp3) is 0.273. The van der Waals surface area contributed by atoms with Gasteiger partial charge in [0.05, 0.1) is 19.0 Å². The number of hydrogen-bond donors (Lipinski definition) is 2. The third-order valence-electron chi connectivity index (χ3n) is 5.48. The monoisotopic (exact) mass is 512 g/mol. The van der Waals surface area contributed by atoms with Crippen molar-refractivity contribution in [1.29, 1.82) is 0 Å². The maximum atomic E-state index is 14.7. The van der Waals surface area contributed by atoms with E-state index < -0.39 is 44.1 Å². The van der Waals surface area contributed by atoms with E-state index in [9.17, 15) is 21.6 Å². The first-order valence-electron chi connectivity index (χ1n) is 10.3. The van der Waals surface area contributed by atoms with Crippen molar-refractivity contribution in [3.63, 3.8) is 0 Å². The number of nitrogens with one attached hydrogen (secondary N) is 2. The van der Waals surface area contributed by atoms with Crippen molar-refractivity contribution in [2.45, 2.75) is 17.2 Å². The zero-order valence-corrected chi connectivity index (χ0v) is 19.2. The minimum Gasteiger partial charge on any atom is -0.490 e. The molecule has 2 aromatic carbocycles. The van der Waals surface area contributed by atoms with Gasteiger partial charge in [-0.15, -0.1) is 0 Å². The highest BCUT2D eigenvalue weighted by Gasteiger charge is 2.28. The van der Waals surface area contributed by atoms with Gasteiger partial charge in [0.15, 0.2) is 17.4 Å². The molecular formula is C22H20ClF3N4O3S. The van der Waals surface area contributed by atoms with Gasteiger partial charge >= 0.3 is 0 Å². The van der Waals surface area contributed by atoms with Crippen molar-refractivity contribution in [2.24, 2.45) is 5.92 Å². The highest BCUT2D eigenvalue weighted by atomic mass is 35.5. The van der Waals surface area contributed by atoms with Crippen molar-refractivity contribution in [3.05, 3.63) is 76.8 Å². The summed E-state index contributed by atoms with van der Waals surface area (Å²) in [6.07, 6.45) is 2.30. The molecular weight excluding hydrogens is 493 g/mol. The Labute approximate surface area is 199 Å². The van der Waals surface area contributed by atoms with Crippen molar-refractivity contribution in [2.75, 3.05) is 24.4 Å². The quantitative estimate of drug-likeness (QED) is 0.495. The second kappa shape index (κ2) is 10.2. The first kappa shape index (κ1) is 24.2. The molecule has 2 heterocycles. The molecule has 1 unspecified atom stereocenters. The minimum absolute atomic E-state index is 0.0295. The van der Waals surface area contributed by atoms with Crippen LogP contribution in [0.3, 0.4) is 0 Å². The van der Waals surface area contributed by atoms with Crippen molar-refractivity contribution in [3.8, 4) is 5.75 Å². The third-order valence-corrected chi connectivity index (χ3v) is 7.08. The molecule has 4 rings (SSSR count). The number of benzene rings is 2. The molecule has 1 fully saturated rings. The number of rotatable bonds is 7. The van der Waals surface area contributed by atoms with Gasteiger partial charge in [-0.1, -0.05) is 23.7 Å². The molecule has 180 valence electrons. The summed E-state index contributed by atoms with van der Waals surface area (Å²) in [6, 6.07) is 8.67. The number of nitrogens with zero attached hydrogens (tertiary/aromatic N) is 2. The molecule has 2 atom stereocenters. The van der Waals surface area contributed by atoms with Gasteiger partial charge in [-0.3, -0.25) is 0 Å². The lowest BCUT2D eigenvalue weighted by atomic mass is 9.81. The van der Waals surface area contributed by atoms with Gasteiger partial charge in [0.1, 0.15) is 10.7 Å². The van der Waals surface area contributed by atoms with Crippen LogP contribution in [0.25, 0.3) is 0 Å². The van der Waals surface area contributed by atoms with Crippen LogP contribution in [0, 0.1) is 23.4 Å². The summed E-state index contributed by atoms with van der Waals surface area (Å²) < 4.78 is 74.6. The van der Waals surface area contributed by atoms with E-state index in [1.165, 1.54) is 0 Å². The molecule has 34 heavy (non-hydrogen) atoms. The number of hydrogen-bond acceptors (Lipinski definition) is 6. The van der Waals surface area contributed by atoms with Crippen molar-refractivity contribution >= 4 is 27.6 Å². The molecule has 1 saturated heterocycles. The summed E-state index contributed by atoms with van der Waals surface area (Å²) in [7, 11) is -4.57. The summed E-state index contributed by atoms with van der Waals surface area (Å²) in [5.41, 5.74) is 1.07. The van der Waals surface area contributed by atoms with Gasteiger partial charge in [0.25, 0.3) is 10.0 Å². The first-order valence-corrected chi connectivity index (χ1v) is 12.2. The Kier molecular flexibility index (Phi) is 7.24. The Morgan fingerprint density at radius 3 is 2.50 bits per heavy atom. The van der Waals surface area contributed by atoms with Crippen LogP contribution < -0.4 is 14.8 Å². The highest BCUT2D eigenvalue weighted by Crippen LogP contribution is 2.33. The molecule has 2 N–H and O–H groups in total. The summed E-state index contributed by atoms with van der Waals surface area (Å²) in [4.78, 5) is 5.94. The molecule has 0 spiro atoms. The molecule has 3 aromatic rings. The topological polar surface area (TPSA) is 93.2 Å². The lowest BCUT2D eigenvalue weighted by Gasteiger charge is -2.32. The van der Waals surface area contributed by atoms with E-state index >= 15 is 0 Å². The number of ether oxygens (including phenoxy) is 1. The van der Waals surface area contributed by atoms with Crippen molar-refractivity contribution < 1.29 is 26.3 Å². The smallest absolute Gasteiger partial charge is 0.267 e. The van der Waals surface area contributed by atoms with Crippen LogP contribution in [0.1, 0.15) is 17.9 Å². The average molecular weight is 513 g/mol. The van der Waals surface area contributed by atoms with Crippen LogP contribution in [0.15, 0.2) is 53.7 Å². The summed E-state index contributed by atoms with van der Waals surface area (Å²) >= 11 is 5.97. The second-order valence-electron chi connectivity index (χ2n) is 7.77. The molecule has 0 saturated carbocycles. The maximum absolute atomic E-state index is 14.7. The molecule has 12 heteroatoms. The summed E-state index contributed by atoms with van der Waals surface area (Å²) in [6.45, 7) is 1.51. The van der Waals surface area contributed by atoms with Crippen molar-refractivity contribution in [1.82, 2.24) is 15.3 Å². The normalized spacial score (nSPS) is 18.5. The first-order chi connectivity index (χ1) is 16.2. The summed E-state index contributed by atoms with van der Waals surface area (Å²) in [5.74, 6) is -3.85. The number of anilines is 1. The lowest BCUT2D eigenvalue weighted by molar-refractivity contribution is 0.190. The van der Waals surface area contributed by atoms with E-state index in [0.717, 1.165) is 30.9 Å². The summed E-state index contributed by atoms with van der Waals surface area (Å²) in [5, 5.41) is 3.89. The van der Waals surface area contributed by atoms with Crippen LogP contribution in [0.4, 0.5) is 19.1 Å². The highest BCUT2D eigenvalue weighted by molar-refractivity contribution is 7.92. The largest absolute Gasteiger partial charge is 0.490 e. The molecule has 0 aliphatic carbocycles. The van der Waals surface area contributed by atoms with Gasteiger partial charge in [0, 0.05) is 29.6 Å². The molecule has 0 bridgehead atoms. The number of halogens is 4. The number of aromatic nitrogens is 2. The molecule has 0 amide bonds. The van der Waals surface area contributed by atoms with Crippen LogP contribution in [-0.2, 0) is 10.0 Å². The molecule has 7 nitrogen and oxygen atoms in total. The fourth-order valence-electron chi connectivity index (χ4n) is 3.81. The fourth-order valence-corrected chi connectivity index (χ4v) is 4.97. The number of piperidine rings is 1. The Balaban J connectivity index is 1.49. The second-order valence-corrected chi connectivity index (χ2v) is 9.85. The Morgan fingerprint density at radius 2 is 1.79 bits per heavy atom. The molecule has 0 radical (unpaired) electrons. The minimum atomic E-state index is -4.57. The zero-order chi connectivity index (χ0) is 24.3. The van der Waals surface area contributed by atoms with Gasteiger partial charge in [-0.25, -0.2) is 36.3 Å². The third kappa shape index (κ3) is 5.60. The molecule has 1 aliphatic rings. The predicted molar refractivity (Wildman–Crippen MR) is 120 cm³/mol. The van der Waals surface area contributed by atoms with E-state index in [-0.39, 0.29) is 18.4 Å². The van der Waals surface area contributed by atoms with Crippen LogP contribution in [0.2, 0.25) is 5.02 Å². The Hall–Kier alpha value is -2.89. The van der Waals surface area contributed by atoms with E-state index in [1.54, 1.807) is 12.1 Å². The van der Waals surface area contributed by atoms with Crippen LogP contribution in [-0.4, -0.2) is 38.1 Å². The van der Waals surface area contributed by atoms with Crippen LogP contribution in [0.5, 0.6) is 5.75 Å². The Bertz CT molecular complexity index is 1260. The number of sulfonamides is 1. The SMILES string of the molecule is O=S(=O)(Nc1ncc(F)cn1)c1cc(F)c(OCC2CNCC[C@H]2c2ccc(Cl)cc2)cc1F. The predicted octanol–water partition coefficient (Wildman–Crippen LogP) is 4.12. The van der Waals surface area contributed by atoms with Gasteiger partial charge in [-0.05, 0) is 36.6 Å². The van der Waals surface area contributed by atoms with Gasteiger partial charge in [0.2, 0.25) is 5.95 Å². The van der Waals surface area contributed by atoms with E-state index in [2.05, 4.69) is 15.3 Å². The average Bonchev–Trinajstić information content (AvgIpc) is 2.81. The van der Waals surface area contributed by atoms with E-state index in [4.69, 9.17) is 16.3 Å². The van der Waals surface area contributed by atoms with Gasteiger partial charge < -0.3 is 10.1 Å². The lowest BCUT2D eigenvalue weighted by Crippen LogP contribution is -2.38. The Morgan fingerprint density at radius 1 is 1.09 bits per heavy atom. The van der Waals surface area contributed by atoms with E-state index in [1.807, 2.05) is 16.9 Å².